The summed E-state index contributed by atoms with van der Waals surface area (Å²) in [7, 11) is 0. The number of benzene rings is 2. The van der Waals surface area contributed by atoms with Crippen molar-refractivity contribution < 1.29 is 27.8 Å². The number of aliphatic hydroxyl groups excluding tert-OH is 1. The molecular weight excluding hydrogens is 409 g/mol. The fourth-order valence-corrected chi connectivity index (χ4v) is 4.14. The van der Waals surface area contributed by atoms with Crippen molar-refractivity contribution in [3.63, 3.8) is 0 Å². The predicted octanol–water partition coefficient (Wildman–Crippen LogP) is 4.08. The van der Waals surface area contributed by atoms with Crippen LogP contribution in [0, 0.1) is 5.92 Å². The van der Waals surface area contributed by atoms with Crippen LogP contribution in [0.2, 0.25) is 0 Å². The summed E-state index contributed by atoms with van der Waals surface area (Å²) >= 11 is 0. The second kappa shape index (κ2) is 8.63. The number of rotatable bonds is 4. The Balaban J connectivity index is 1.68. The summed E-state index contributed by atoms with van der Waals surface area (Å²) in [6.45, 7) is 1.78. The number of aliphatic hydroxyl groups is 1. The average molecular weight is 432 g/mol. The lowest BCUT2D eigenvalue weighted by molar-refractivity contribution is -0.274. The summed E-state index contributed by atoms with van der Waals surface area (Å²) in [5, 5.41) is 12.3. The maximum Gasteiger partial charge on any atom is 0.573 e. The highest BCUT2D eigenvalue weighted by atomic mass is 19.4. The molecule has 0 spiro atoms. The zero-order valence-corrected chi connectivity index (χ0v) is 16.8. The number of carbonyl (C=O) groups is 1. The summed E-state index contributed by atoms with van der Waals surface area (Å²) < 4.78 is 42.6. The molecule has 1 saturated heterocycles. The Hall–Kier alpha value is -3.00. The minimum Gasteiger partial charge on any atom is -0.405 e. The van der Waals surface area contributed by atoms with Crippen LogP contribution in [0.15, 0.2) is 42.5 Å². The Labute approximate surface area is 178 Å². The SMILES string of the molecule is O=C1NCC(c2ccccc2OC(F)(F)F)=Cc2ccc(N3CCCC(CO)C3)cc21. The van der Waals surface area contributed by atoms with Crippen LogP contribution in [0.3, 0.4) is 0 Å². The largest absolute Gasteiger partial charge is 0.573 e. The van der Waals surface area contributed by atoms with Crippen molar-refractivity contribution in [2.75, 3.05) is 31.1 Å². The maximum absolute atomic E-state index is 12.8. The number of hydrogen-bond donors (Lipinski definition) is 2. The molecular formula is C23H23F3N2O3. The molecule has 4 rings (SSSR count). The molecule has 0 aromatic heterocycles. The van der Waals surface area contributed by atoms with Gasteiger partial charge in [-0.25, -0.2) is 0 Å². The van der Waals surface area contributed by atoms with Crippen LogP contribution in [-0.2, 0) is 0 Å². The van der Waals surface area contributed by atoms with Crippen LogP contribution in [0.1, 0.15) is 34.3 Å². The second-order valence-electron chi connectivity index (χ2n) is 7.80. The van der Waals surface area contributed by atoms with Gasteiger partial charge in [0.1, 0.15) is 5.75 Å². The van der Waals surface area contributed by atoms with E-state index in [2.05, 4.69) is 15.0 Å². The fourth-order valence-electron chi connectivity index (χ4n) is 4.14. The zero-order valence-electron chi connectivity index (χ0n) is 16.8. The van der Waals surface area contributed by atoms with Gasteiger partial charge in [-0.1, -0.05) is 24.3 Å². The lowest BCUT2D eigenvalue weighted by Crippen LogP contribution is -2.37. The molecule has 2 N–H and O–H groups in total. The molecule has 31 heavy (non-hydrogen) atoms. The van der Waals surface area contributed by atoms with Crippen LogP contribution in [0.5, 0.6) is 5.75 Å². The van der Waals surface area contributed by atoms with Crippen molar-refractivity contribution in [1.82, 2.24) is 5.32 Å². The number of para-hydroxylation sites is 1. The van der Waals surface area contributed by atoms with Gasteiger partial charge in [-0.2, -0.15) is 0 Å². The first kappa shape index (κ1) is 21.2. The highest BCUT2D eigenvalue weighted by Gasteiger charge is 2.32. The van der Waals surface area contributed by atoms with Gasteiger partial charge in [-0.3, -0.25) is 4.79 Å². The van der Waals surface area contributed by atoms with E-state index in [0.29, 0.717) is 16.7 Å². The molecule has 1 atom stereocenters. The van der Waals surface area contributed by atoms with Gasteiger partial charge in [-0.15, -0.1) is 13.2 Å². The monoisotopic (exact) mass is 432 g/mol. The number of halogens is 3. The highest BCUT2D eigenvalue weighted by molar-refractivity contribution is 6.04. The molecule has 1 amide bonds. The van der Waals surface area contributed by atoms with E-state index in [0.717, 1.165) is 31.6 Å². The average Bonchev–Trinajstić information content (AvgIpc) is 2.92. The molecule has 2 heterocycles. The first-order valence-corrected chi connectivity index (χ1v) is 10.2. The van der Waals surface area contributed by atoms with Gasteiger partial charge in [0.15, 0.2) is 0 Å². The molecule has 8 heteroatoms. The summed E-state index contributed by atoms with van der Waals surface area (Å²) in [5.41, 5.74) is 2.79. The summed E-state index contributed by atoms with van der Waals surface area (Å²) in [6.07, 6.45) is -1.14. The van der Waals surface area contributed by atoms with Crippen molar-refractivity contribution in [2.45, 2.75) is 19.2 Å². The van der Waals surface area contributed by atoms with Gasteiger partial charge in [-0.05, 0) is 54.2 Å². The fraction of sp³-hybridized carbons (Fsp3) is 0.348. The number of nitrogens with zero attached hydrogens (tertiary/aromatic N) is 1. The van der Waals surface area contributed by atoms with Gasteiger partial charge in [0, 0.05) is 43.1 Å². The lowest BCUT2D eigenvalue weighted by atomic mass is 9.97. The van der Waals surface area contributed by atoms with Crippen LogP contribution >= 0.6 is 0 Å². The molecule has 0 bridgehead atoms. The quantitative estimate of drug-likeness (QED) is 0.765. The van der Waals surface area contributed by atoms with E-state index in [1.54, 1.807) is 18.2 Å². The minimum atomic E-state index is -4.81. The van der Waals surface area contributed by atoms with Gasteiger partial charge in [0.2, 0.25) is 0 Å². The lowest BCUT2D eigenvalue weighted by Gasteiger charge is -2.34. The number of amides is 1. The van der Waals surface area contributed by atoms with Crippen LogP contribution in [0.4, 0.5) is 18.9 Å². The molecule has 0 radical (unpaired) electrons. The topological polar surface area (TPSA) is 61.8 Å². The van der Waals surface area contributed by atoms with E-state index >= 15 is 0 Å². The third kappa shape index (κ3) is 4.85. The van der Waals surface area contributed by atoms with Crippen molar-refractivity contribution >= 4 is 23.2 Å². The first-order chi connectivity index (χ1) is 14.8. The molecule has 1 unspecified atom stereocenters. The number of fused-ring (bicyclic) bond motifs is 1. The number of alkyl halides is 3. The van der Waals surface area contributed by atoms with Crippen LogP contribution in [0.25, 0.3) is 11.6 Å². The van der Waals surface area contributed by atoms with Crippen molar-refractivity contribution in [3.8, 4) is 5.75 Å². The number of anilines is 1. The minimum absolute atomic E-state index is 0.0807. The smallest absolute Gasteiger partial charge is 0.405 e. The molecule has 1 fully saturated rings. The molecule has 0 saturated carbocycles. The molecule has 2 aromatic carbocycles. The summed E-state index contributed by atoms with van der Waals surface area (Å²) in [5.74, 6) is -0.384. The molecule has 2 aromatic rings. The normalized spacial score (nSPS) is 19.2. The van der Waals surface area contributed by atoms with E-state index in [1.807, 2.05) is 18.2 Å². The van der Waals surface area contributed by atoms with Gasteiger partial charge in [0.05, 0.1) is 0 Å². The van der Waals surface area contributed by atoms with E-state index < -0.39 is 6.36 Å². The third-order valence-corrected chi connectivity index (χ3v) is 5.65. The molecule has 5 nitrogen and oxygen atoms in total. The molecule has 164 valence electrons. The van der Waals surface area contributed by atoms with Crippen molar-refractivity contribution in [3.05, 3.63) is 59.2 Å². The highest BCUT2D eigenvalue weighted by Crippen LogP contribution is 2.34. The number of carbonyl (C=O) groups excluding carboxylic acids is 1. The zero-order chi connectivity index (χ0) is 22.0. The van der Waals surface area contributed by atoms with Gasteiger partial charge < -0.3 is 20.1 Å². The van der Waals surface area contributed by atoms with E-state index in [9.17, 15) is 23.1 Å². The Bertz CT molecular complexity index is 1000. The van der Waals surface area contributed by atoms with Gasteiger partial charge in [0.25, 0.3) is 5.91 Å². The Morgan fingerprint density at radius 1 is 1.16 bits per heavy atom. The number of piperidine rings is 1. The van der Waals surface area contributed by atoms with E-state index in [1.165, 1.54) is 12.1 Å². The van der Waals surface area contributed by atoms with Crippen LogP contribution < -0.4 is 15.0 Å². The van der Waals surface area contributed by atoms with Gasteiger partial charge >= 0.3 is 6.36 Å². The summed E-state index contributed by atoms with van der Waals surface area (Å²) in [6, 6.07) is 11.4. The van der Waals surface area contributed by atoms with Crippen molar-refractivity contribution in [2.24, 2.45) is 5.92 Å². The number of hydrogen-bond acceptors (Lipinski definition) is 4. The van der Waals surface area contributed by atoms with Crippen LogP contribution in [-0.4, -0.2) is 43.6 Å². The molecule has 2 aliphatic heterocycles. The predicted molar refractivity (Wildman–Crippen MR) is 112 cm³/mol. The summed E-state index contributed by atoms with van der Waals surface area (Å²) in [4.78, 5) is 14.9. The first-order valence-electron chi connectivity index (χ1n) is 10.2. The standard InChI is InChI=1S/C23H23F3N2O3/c24-23(25,26)31-21-6-2-1-5-19(21)17-10-16-7-8-18(11-20(16)22(30)27-12-17)28-9-3-4-15(13-28)14-29/h1-2,5-8,10-11,15,29H,3-4,9,12-14H2,(H,27,30). The Kier molecular flexibility index (Phi) is 5.91. The third-order valence-electron chi connectivity index (χ3n) is 5.65. The Morgan fingerprint density at radius 2 is 1.97 bits per heavy atom. The van der Waals surface area contributed by atoms with E-state index in [4.69, 9.17) is 0 Å². The van der Waals surface area contributed by atoms with Crippen molar-refractivity contribution in [1.29, 1.82) is 0 Å². The molecule has 2 aliphatic rings. The number of nitrogens with one attached hydrogen (secondary N) is 1. The Morgan fingerprint density at radius 3 is 2.74 bits per heavy atom. The number of ether oxygens (including phenoxy) is 1. The van der Waals surface area contributed by atoms with E-state index in [-0.39, 0.29) is 36.3 Å². The molecule has 0 aliphatic carbocycles. The maximum atomic E-state index is 12.8. The second-order valence-corrected chi connectivity index (χ2v) is 7.80.